The Kier molecular flexibility index (Phi) is 7.19. The van der Waals surface area contributed by atoms with E-state index in [9.17, 15) is 15.2 Å². The van der Waals surface area contributed by atoms with Gasteiger partial charge in [0.25, 0.3) is 5.91 Å². The molecule has 0 radical (unpaired) electrons. The van der Waals surface area contributed by atoms with Crippen molar-refractivity contribution in [3.63, 3.8) is 0 Å². The zero-order valence-corrected chi connectivity index (χ0v) is 18.0. The molecular weight excluding hydrogens is 435 g/mol. The summed E-state index contributed by atoms with van der Waals surface area (Å²) in [6, 6.07) is 18.7. The molecule has 1 amide bonds. The van der Waals surface area contributed by atoms with Crippen molar-refractivity contribution in [2.75, 3.05) is 5.32 Å². The average molecular weight is 453 g/mol. The molecule has 0 aromatic heterocycles. The van der Waals surface area contributed by atoms with E-state index < -0.39 is 5.91 Å². The molecule has 0 saturated carbocycles. The summed E-state index contributed by atoms with van der Waals surface area (Å²) in [6.45, 7) is 2.25. The number of rotatable bonds is 6. The van der Waals surface area contributed by atoms with Crippen LogP contribution in [0.1, 0.15) is 16.7 Å². The van der Waals surface area contributed by atoms with Gasteiger partial charge in [0.1, 0.15) is 29.7 Å². The zero-order valence-electron chi connectivity index (χ0n) is 16.5. The van der Waals surface area contributed by atoms with Gasteiger partial charge in [0.15, 0.2) is 0 Å². The Morgan fingerprint density at radius 2 is 1.81 bits per heavy atom. The van der Waals surface area contributed by atoms with Crippen LogP contribution in [0, 0.1) is 18.3 Å². The number of carbonyl (C=O) groups is 1. The topological polar surface area (TPSA) is 82.3 Å². The summed E-state index contributed by atoms with van der Waals surface area (Å²) < 4.78 is 5.90. The lowest BCUT2D eigenvalue weighted by atomic mass is 10.1. The Morgan fingerprint density at radius 3 is 2.45 bits per heavy atom. The molecule has 0 bridgehead atoms. The fourth-order valence-electron chi connectivity index (χ4n) is 2.73. The molecule has 0 saturated heterocycles. The minimum absolute atomic E-state index is 0.0676. The lowest BCUT2D eigenvalue weighted by Crippen LogP contribution is -2.13. The first kappa shape index (κ1) is 22.2. The third kappa shape index (κ3) is 6.02. The molecule has 0 fully saturated rings. The van der Waals surface area contributed by atoms with E-state index in [1.807, 2.05) is 37.3 Å². The van der Waals surface area contributed by atoms with Crippen molar-refractivity contribution in [1.29, 1.82) is 5.26 Å². The monoisotopic (exact) mass is 452 g/mol. The minimum Gasteiger partial charge on any atom is -0.508 e. The number of carbonyl (C=O) groups excluding carboxylic acids is 1. The van der Waals surface area contributed by atoms with Gasteiger partial charge in [-0.1, -0.05) is 53.0 Å². The van der Waals surface area contributed by atoms with Crippen LogP contribution in [0.25, 0.3) is 6.08 Å². The van der Waals surface area contributed by atoms with Gasteiger partial charge in [0.2, 0.25) is 0 Å². The van der Waals surface area contributed by atoms with Crippen LogP contribution in [0.15, 0.2) is 66.2 Å². The highest BCUT2D eigenvalue weighted by Crippen LogP contribution is 2.34. The first-order valence-corrected chi connectivity index (χ1v) is 10.0. The summed E-state index contributed by atoms with van der Waals surface area (Å²) in [7, 11) is 0. The van der Waals surface area contributed by atoms with Crippen LogP contribution >= 0.6 is 23.2 Å². The van der Waals surface area contributed by atoms with E-state index in [2.05, 4.69) is 5.32 Å². The van der Waals surface area contributed by atoms with Crippen LogP contribution in [0.5, 0.6) is 11.5 Å². The van der Waals surface area contributed by atoms with Crippen LogP contribution in [0.3, 0.4) is 0 Å². The summed E-state index contributed by atoms with van der Waals surface area (Å²) in [6.07, 6.45) is 1.37. The molecule has 156 valence electrons. The highest BCUT2D eigenvalue weighted by Gasteiger charge is 2.15. The van der Waals surface area contributed by atoms with E-state index in [1.54, 1.807) is 6.07 Å². The molecule has 3 aromatic rings. The Morgan fingerprint density at radius 1 is 1.13 bits per heavy atom. The second kappa shape index (κ2) is 10.0. The third-order valence-electron chi connectivity index (χ3n) is 4.33. The third-order valence-corrected chi connectivity index (χ3v) is 4.83. The minimum atomic E-state index is -0.617. The largest absolute Gasteiger partial charge is 0.508 e. The van der Waals surface area contributed by atoms with Crippen molar-refractivity contribution >= 4 is 40.9 Å². The number of amides is 1. The molecule has 5 nitrogen and oxygen atoms in total. The van der Waals surface area contributed by atoms with E-state index in [0.29, 0.717) is 22.0 Å². The van der Waals surface area contributed by atoms with E-state index in [-0.39, 0.29) is 23.0 Å². The van der Waals surface area contributed by atoms with Gasteiger partial charge in [-0.25, -0.2) is 0 Å². The standard InChI is InChI=1S/C24H18Cl2N2O3/c1-15-2-4-16(5-3-15)14-31-23-17(11-19(25)12-22(23)26)10-18(13-27)24(30)28-20-6-8-21(29)9-7-20/h2-12,29H,14H2,1H3,(H,28,30)/b18-10+. The lowest BCUT2D eigenvalue weighted by molar-refractivity contribution is -0.112. The number of hydrogen-bond acceptors (Lipinski definition) is 4. The lowest BCUT2D eigenvalue weighted by Gasteiger charge is -2.13. The molecule has 2 N–H and O–H groups in total. The number of halogens is 2. The Bertz CT molecular complexity index is 1170. The molecule has 0 aliphatic heterocycles. The van der Waals surface area contributed by atoms with Gasteiger partial charge in [-0.05, 0) is 55.0 Å². The number of hydrogen-bond donors (Lipinski definition) is 2. The molecule has 7 heteroatoms. The second-order valence-electron chi connectivity index (χ2n) is 6.75. The van der Waals surface area contributed by atoms with Crippen molar-refractivity contribution in [3.05, 3.63) is 93.0 Å². The van der Waals surface area contributed by atoms with Crippen molar-refractivity contribution < 1.29 is 14.6 Å². The Hall–Kier alpha value is -3.46. The second-order valence-corrected chi connectivity index (χ2v) is 7.59. The van der Waals surface area contributed by atoms with Gasteiger partial charge in [-0.15, -0.1) is 0 Å². The average Bonchev–Trinajstić information content (AvgIpc) is 2.74. The molecule has 0 aliphatic rings. The smallest absolute Gasteiger partial charge is 0.266 e. The van der Waals surface area contributed by atoms with Crippen molar-refractivity contribution in [2.24, 2.45) is 0 Å². The first-order chi connectivity index (χ1) is 14.9. The number of ether oxygens (including phenoxy) is 1. The predicted molar refractivity (Wildman–Crippen MR) is 122 cm³/mol. The van der Waals surface area contributed by atoms with Crippen molar-refractivity contribution in [1.82, 2.24) is 0 Å². The number of anilines is 1. The number of phenols is 1. The molecule has 3 rings (SSSR count). The fourth-order valence-corrected chi connectivity index (χ4v) is 3.29. The highest BCUT2D eigenvalue weighted by molar-refractivity contribution is 6.36. The number of phenolic OH excluding ortho intramolecular Hbond substituents is 1. The molecule has 3 aromatic carbocycles. The van der Waals surface area contributed by atoms with E-state index in [4.69, 9.17) is 27.9 Å². The molecular formula is C24H18Cl2N2O3. The summed E-state index contributed by atoms with van der Waals surface area (Å²) in [5, 5.41) is 22.1. The number of nitriles is 1. The van der Waals surface area contributed by atoms with Gasteiger partial charge >= 0.3 is 0 Å². The molecule has 0 unspecified atom stereocenters. The molecule has 31 heavy (non-hydrogen) atoms. The number of nitrogens with one attached hydrogen (secondary N) is 1. The van der Waals surface area contributed by atoms with Crippen molar-refractivity contribution in [2.45, 2.75) is 13.5 Å². The number of aryl methyl sites for hydroxylation is 1. The molecule has 0 aliphatic carbocycles. The van der Waals surface area contributed by atoms with E-state index >= 15 is 0 Å². The zero-order chi connectivity index (χ0) is 22.4. The van der Waals surface area contributed by atoms with Crippen LogP contribution in [0.2, 0.25) is 10.0 Å². The quantitative estimate of drug-likeness (QED) is 0.267. The molecule has 0 atom stereocenters. The van der Waals surface area contributed by atoms with E-state index in [0.717, 1.165) is 11.1 Å². The highest BCUT2D eigenvalue weighted by atomic mass is 35.5. The van der Waals surface area contributed by atoms with Crippen LogP contribution < -0.4 is 10.1 Å². The van der Waals surface area contributed by atoms with Gasteiger partial charge in [0.05, 0.1) is 5.02 Å². The molecule has 0 heterocycles. The maximum atomic E-state index is 12.6. The Labute approximate surface area is 190 Å². The van der Waals surface area contributed by atoms with Crippen LogP contribution in [-0.2, 0) is 11.4 Å². The summed E-state index contributed by atoms with van der Waals surface area (Å²) in [4.78, 5) is 12.6. The maximum absolute atomic E-state index is 12.6. The number of nitrogens with zero attached hydrogens (tertiary/aromatic N) is 1. The van der Waals surface area contributed by atoms with Crippen molar-refractivity contribution in [3.8, 4) is 17.6 Å². The van der Waals surface area contributed by atoms with Gasteiger partial charge in [-0.3, -0.25) is 4.79 Å². The fraction of sp³-hybridized carbons (Fsp3) is 0.0833. The predicted octanol–water partition coefficient (Wildman–Crippen LogP) is 6.13. The van der Waals surface area contributed by atoms with Gasteiger partial charge in [-0.2, -0.15) is 5.26 Å². The number of benzene rings is 3. The maximum Gasteiger partial charge on any atom is 0.266 e. The summed E-state index contributed by atoms with van der Waals surface area (Å²) in [5.41, 5.74) is 2.75. The molecule has 0 spiro atoms. The summed E-state index contributed by atoms with van der Waals surface area (Å²) >= 11 is 12.5. The SMILES string of the molecule is Cc1ccc(COc2c(Cl)cc(Cl)cc2/C=C(\C#N)C(=O)Nc2ccc(O)cc2)cc1. The number of aromatic hydroxyl groups is 1. The van der Waals surface area contributed by atoms with Gasteiger partial charge in [0, 0.05) is 16.3 Å². The summed E-state index contributed by atoms with van der Waals surface area (Å²) in [5.74, 6) is -0.233. The van der Waals surface area contributed by atoms with Crippen LogP contribution in [-0.4, -0.2) is 11.0 Å². The van der Waals surface area contributed by atoms with Crippen LogP contribution in [0.4, 0.5) is 5.69 Å². The Balaban J connectivity index is 1.87. The first-order valence-electron chi connectivity index (χ1n) is 9.25. The normalized spacial score (nSPS) is 11.0. The van der Waals surface area contributed by atoms with E-state index in [1.165, 1.54) is 36.4 Å². The van der Waals surface area contributed by atoms with Gasteiger partial charge < -0.3 is 15.2 Å².